The van der Waals surface area contributed by atoms with E-state index in [9.17, 15) is 5.11 Å². The molecule has 0 saturated carbocycles. The van der Waals surface area contributed by atoms with E-state index >= 15 is 0 Å². The van der Waals surface area contributed by atoms with Crippen LogP contribution in [-0.2, 0) is 0 Å². The minimum atomic E-state index is -0.722. The zero-order chi connectivity index (χ0) is 12.5. The number of unbranched alkanes of at least 4 members (excludes halogenated alkanes) is 4. The van der Waals surface area contributed by atoms with Gasteiger partial charge in [0, 0.05) is 11.4 Å². The number of aliphatic hydroxyl groups excluding tert-OH is 1. The third-order valence-electron chi connectivity index (χ3n) is 2.56. The molecular weight excluding hydrogens is 232 g/mol. The number of rotatable bonds is 5. The Labute approximate surface area is 109 Å². The summed E-state index contributed by atoms with van der Waals surface area (Å²) in [5.74, 6) is 5.87. The third kappa shape index (κ3) is 5.77. The van der Waals surface area contributed by atoms with Crippen molar-refractivity contribution in [2.75, 3.05) is 0 Å². The Morgan fingerprint density at radius 1 is 1.29 bits per heavy atom. The van der Waals surface area contributed by atoms with Crippen molar-refractivity contribution in [2.45, 2.75) is 45.1 Å². The van der Waals surface area contributed by atoms with Crippen molar-refractivity contribution < 1.29 is 5.11 Å². The highest BCUT2D eigenvalue weighted by Gasteiger charge is 2.02. The van der Waals surface area contributed by atoms with E-state index < -0.39 is 6.10 Å². The molecule has 0 amide bonds. The molecule has 0 aliphatic rings. The van der Waals surface area contributed by atoms with Gasteiger partial charge in [0.1, 0.15) is 6.10 Å². The second kappa shape index (κ2) is 8.17. The highest BCUT2D eigenvalue weighted by atomic mass is 35.5. The largest absolute Gasteiger partial charge is 0.376 e. The third-order valence-corrected chi connectivity index (χ3v) is 2.79. The maximum absolute atomic E-state index is 9.82. The van der Waals surface area contributed by atoms with Crippen molar-refractivity contribution >= 4 is 11.6 Å². The molecule has 1 nitrogen and oxygen atoms in total. The van der Waals surface area contributed by atoms with Gasteiger partial charge in [0.2, 0.25) is 0 Å². The lowest BCUT2D eigenvalue weighted by Gasteiger charge is -2.03. The molecule has 0 unspecified atom stereocenters. The molecule has 0 radical (unpaired) electrons. The smallest absolute Gasteiger partial charge is 0.140 e. The molecule has 92 valence electrons. The Kier molecular flexibility index (Phi) is 6.77. The lowest BCUT2D eigenvalue weighted by molar-refractivity contribution is 0.238. The second-order valence-corrected chi connectivity index (χ2v) is 4.53. The zero-order valence-electron chi connectivity index (χ0n) is 10.2. The van der Waals surface area contributed by atoms with Gasteiger partial charge in [0.15, 0.2) is 0 Å². The van der Waals surface area contributed by atoms with Crippen LogP contribution in [0.25, 0.3) is 0 Å². The van der Waals surface area contributed by atoms with Crippen LogP contribution >= 0.6 is 11.6 Å². The standard InChI is InChI=1S/C15H19ClO/c1-2-3-4-5-6-7-11-15(17)13-9-8-10-14(16)12-13/h8-10,12,15,17H,2-6H2,1H3/t15-/m0/s1. The summed E-state index contributed by atoms with van der Waals surface area (Å²) in [6.07, 6.45) is 4.97. The Balaban J connectivity index is 2.38. The van der Waals surface area contributed by atoms with Crippen molar-refractivity contribution in [3.8, 4) is 11.8 Å². The fourth-order valence-corrected chi connectivity index (χ4v) is 1.77. The van der Waals surface area contributed by atoms with Gasteiger partial charge in [0.25, 0.3) is 0 Å². The van der Waals surface area contributed by atoms with Crippen LogP contribution in [0, 0.1) is 11.8 Å². The molecule has 1 aromatic carbocycles. The molecule has 0 aliphatic carbocycles. The van der Waals surface area contributed by atoms with Crippen LogP contribution in [-0.4, -0.2) is 5.11 Å². The predicted octanol–water partition coefficient (Wildman–Crippen LogP) is 4.35. The van der Waals surface area contributed by atoms with E-state index in [0.717, 1.165) is 18.4 Å². The summed E-state index contributed by atoms with van der Waals surface area (Å²) >= 11 is 5.85. The van der Waals surface area contributed by atoms with E-state index in [1.165, 1.54) is 19.3 Å². The first-order chi connectivity index (χ1) is 8.24. The van der Waals surface area contributed by atoms with E-state index in [1.54, 1.807) is 12.1 Å². The van der Waals surface area contributed by atoms with Gasteiger partial charge in [0.05, 0.1) is 0 Å². The Morgan fingerprint density at radius 3 is 2.82 bits per heavy atom. The van der Waals surface area contributed by atoms with Crippen molar-refractivity contribution in [3.05, 3.63) is 34.9 Å². The van der Waals surface area contributed by atoms with Crippen molar-refractivity contribution in [1.82, 2.24) is 0 Å². The number of aliphatic hydroxyl groups is 1. The first-order valence-corrected chi connectivity index (χ1v) is 6.53. The summed E-state index contributed by atoms with van der Waals surface area (Å²) in [4.78, 5) is 0. The average Bonchev–Trinajstić information content (AvgIpc) is 2.33. The van der Waals surface area contributed by atoms with Crippen molar-refractivity contribution in [2.24, 2.45) is 0 Å². The normalized spacial score (nSPS) is 11.7. The Hall–Kier alpha value is -0.970. The van der Waals surface area contributed by atoms with Gasteiger partial charge in [-0.25, -0.2) is 0 Å². The molecular formula is C15H19ClO. The SMILES string of the molecule is CCCCCCC#C[C@H](O)c1cccc(Cl)c1. The molecule has 1 rings (SSSR count). The zero-order valence-corrected chi connectivity index (χ0v) is 11.0. The summed E-state index contributed by atoms with van der Waals surface area (Å²) < 4.78 is 0. The number of benzene rings is 1. The first kappa shape index (κ1) is 14.1. The van der Waals surface area contributed by atoms with E-state index in [1.807, 2.05) is 12.1 Å². The highest BCUT2D eigenvalue weighted by molar-refractivity contribution is 6.30. The molecule has 1 aromatic rings. The molecule has 17 heavy (non-hydrogen) atoms. The van der Waals surface area contributed by atoms with Gasteiger partial charge in [-0.2, -0.15) is 0 Å². The van der Waals surface area contributed by atoms with Crippen molar-refractivity contribution in [1.29, 1.82) is 0 Å². The minimum absolute atomic E-state index is 0.631. The number of halogens is 1. The summed E-state index contributed by atoms with van der Waals surface area (Å²) in [6.45, 7) is 2.19. The summed E-state index contributed by atoms with van der Waals surface area (Å²) in [5, 5.41) is 10.4. The minimum Gasteiger partial charge on any atom is -0.376 e. The van der Waals surface area contributed by atoms with Gasteiger partial charge >= 0.3 is 0 Å². The van der Waals surface area contributed by atoms with Crippen LogP contribution < -0.4 is 0 Å². The molecule has 0 aromatic heterocycles. The van der Waals surface area contributed by atoms with Crippen LogP contribution in [0.4, 0.5) is 0 Å². The van der Waals surface area contributed by atoms with Gasteiger partial charge in [-0.05, 0) is 24.1 Å². The fourth-order valence-electron chi connectivity index (χ4n) is 1.57. The predicted molar refractivity (Wildman–Crippen MR) is 72.9 cm³/mol. The van der Waals surface area contributed by atoms with E-state index in [0.29, 0.717) is 5.02 Å². The molecule has 0 bridgehead atoms. The van der Waals surface area contributed by atoms with E-state index in [2.05, 4.69) is 18.8 Å². The van der Waals surface area contributed by atoms with Gasteiger partial charge in [-0.15, -0.1) is 5.92 Å². The summed E-state index contributed by atoms with van der Waals surface area (Å²) in [6, 6.07) is 7.19. The number of hydrogen-bond acceptors (Lipinski definition) is 1. The van der Waals surface area contributed by atoms with E-state index in [-0.39, 0.29) is 0 Å². The average molecular weight is 251 g/mol. The lowest BCUT2D eigenvalue weighted by atomic mass is 10.1. The topological polar surface area (TPSA) is 20.2 Å². The highest BCUT2D eigenvalue weighted by Crippen LogP contribution is 2.16. The maximum atomic E-state index is 9.82. The van der Waals surface area contributed by atoms with Gasteiger partial charge < -0.3 is 5.11 Å². The first-order valence-electron chi connectivity index (χ1n) is 6.16. The van der Waals surface area contributed by atoms with Gasteiger partial charge in [-0.3, -0.25) is 0 Å². The lowest BCUT2D eigenvalue weighted by Crippen LogP contribution is -1.93. The molecule has 1 atom stereocenters. The maximum Gasteiger partial charge on any atom is 0.140 e. The molecule has 0 saturated heterocycles. The Morgan fingerprint density at radius 2 is 2.12 bits per heavy atom. The Bertz CT molecular complexity index is 389. The fraction of sp³-hybridized carbons (Fsp3) is 0.467. The van der Waals surface area contributed by atoms with Crippen LogP contribution in [0.2, 0.25) is 5.02 Å². The van der Waals surface area contributed by atoms with Crippen LogP contribution in [0.1, 0.15) is 50.7 Å². The van der Waals surface area contributed by atoms with Gasteiger partial charge in [-0.1, -0.05) is 55.8 Å². The van der Waals surface area contributed by atoms with Crippen molar-refractivity contribution in [3.63, 3.8) is 0 Å². The monoisotopic (exact) mass is 250 g/mol. The van der Waals surface area contributed by atoms with E-state index in [4.69, 9.17) is 11.6 Å². The second-order valence-electron chi connectivity index (χ2n) is 4.09. The van der Waals surface area contributed by atoms with Crippen LogP contribution in [0.15, 0.2) is 24.3 Å². The molecule has 2 heteroatoms. The number of hydrogen-bond donors (Lipinski definition) is 1. The van der Waals surface area contributed by atoms with Crippen LogP contribution in [0.5, 0.6) is 0 Å². The molecule has 0 heterocycles. The quantitative estimate of drug-likeness (QED) is 0.609. The molecule has 0 spiro atoms. The molecule has 0 aliphatic heterocycles. The van der Waals surface area contributed by atoms with Crippen LogP contribution in [0.3, 0.4) is 0 Å². The summed E-state index contributed by atoms with van der Waals surface area (Å²) in [5.41, 5.74) is 0.763. The molecule has 1 N–H and O–H groups in total. The molecule has 0 fully saturated rings. The summed E-state index contributed by atoms with van der Waals surface area (Å²) in [7, 11) is 0.